The minimum absolute atomic E-state index is 0.462. The summed E-state index contributed by atoms with van der Waals surface area (Å²) in [6.45, 7) is 7.99. The van der Waals surface area contributed by atoms with E-state index in [9.17, 15) is 0 Å². The maximum atomic E-state index is 5.54. The molecule has 0 unspecified atom stereocenters. The van der Waals surface area contributed by atoms with Gasteiger partial charge in [-0.05, 0) is 38.5 Å². The minimum atomic E-state index is 0.462. The van der Waals surface area contributed by atoms with E-state index in [-0.39, 0.29) is 0 Å². The summed E-state index contributed by atoms with van der Waals surface area (Å²) >= 11 is 0. The fourth-order valence-electron chi connectivity index (χ4n) is 1.63. The first kappa shape index (κ1) is 8.63. The SMILES string of the molecule is C=C(C)OC1CCC(C)CC1. The summed E-state index contributed by atoms with van der Waals surface area (Å²) in [6.07, 6.45) is 5.53. The van der Waals surface area contributed by atoms with Crippen molar-refractivity contribution in [1.29, 1.82) is 0 Å². The lowest BCUT2D eigenvalue weighted by molar-refractivity contribution is 0.0720. The summed E-state index contributed by atoms with van der Waals surface area (Å²) in [4.78, 5) is 0. The molecule has 1 rings (SSSR count). The van der Waals surface area contributed by atoms with Crippen LogP contribution in [0.5, 0.6) is 0 Å². The molecule has 0 aromatic rings. The molecule has 1 aliphatic carbocycles. The molecule has 0 radical (unpaired) electrons. The maximum absolute atomic E-state index is 5.54. The quantitative estimate of drug-likeness (QED) is 0.555. The maximum Gasteiger partial charge on any atom is 0.0982 e. The van der Waals surface area contributed by atoms with Gasteiger partial charge in [0.25, 0.3) is 0 Å². The van der Waals surface area contributed by atoms with E-state index in [0.29, 0.717) is 6.10 Å². The third kappa shape index (κ3) is 2.96. The van der Waals surface area contributed by atoms with Gasteiger partial charge in [-0.1, -0.05) is 13.5 Å². The van der Waals surface area contributed by atoms with Crippen LogP contribution in [0.15, 0.2) is 12.3 Å². The van der Waals surface area contributed by atoms with Crippen LogP contribution in [0.25, 0.3) is 0 Å². The first-order valence-corrected chi connectivity index (χ1v) is 4.50. The van der Waals surface area contributed by atoms with Gasteiger partial charge in [0.2, 0.25) is 0 Å². The summed E-state index contributed by atoms with van der Waals surface area (Å²) in [6, 6.07) is 0. The predicted octanol–water partition coefficient (Wildman–Crippen LogP) is 3.12. The molecule has 0 heterocycles. The Morgan fingerprint density at radius 1 is 1.27 bits per heavy atom. The van der Waals surface area contributed by atoms with Crippen molar-refractivity contribution in [3.63, 3.8) is 0 Å². The molecule has 1 heteroatoms. The van der Waals surface area contributed by atoms with Crippen molar-refractivity contribution in [1.82, 2.24) is 0 Å². The van der Waals surface area contributed by atoms with Crippen molar-refractivity contribution in [3.8, 4) is 0 Å². The molecule has 0 spiro atoms. The Morgan fingerprint density at radius 3 is 2.27 bits per heavy atom. The molecular weight excluding hydrogens is 136 g/mol. The molecule has 0 aromatic heterocycles. The van der Waals surface area contributed by atoms with Crippen LogP contribution in [0.1, 0.15) is 39.5 Å². The molecule has 0 bridgehead atoms. The summed E-state index contributed by atoms with van der Waals surface area (Å²) in [7, 11) is 0. The van der Waals surface area contributed by atoms with Crippen LogP contribution in [0.3, 0.4) is 0 Å². The van der Waals surface area contributed by atoms with Crippen molar-refractivity contribution in [3.05, 3.63) is 12.3 Å². The van der Waals surface area contributed by atoms with E-state index in [1.165, 1.54) is 25.7 Å². The third-order valence-corrected chi connectivity index (χ3v) is 2.33. The second-order valence-electron chi connectivity index (χ2n) is 3.70. The van der Waals surface area contributed by atoms with Crippen LogP contribution < -0.4 is 0 Å². The molecule has 1 nitrogen and oxygen atoms in total. The summed E-state index contributed by atoms with van der Waals surface area (Å²) in [5.74, 6) is 1.77. The van der Waals surface area contributed by atoms with Gasteiger partial charge in [-0.2, -0.15) is 0 Å². The topological polar surface area (TPSA) is 9.23 Å². The zero-order chi connectivity index (χ0) is 8.27. The van der Waals surface area contributed by atoms with Crippen molar-refractivity contribution in [2.45, 2.75) is 45.6 Å². The van der Waals surface area contributed by atoms with Crippen LogP contribution in [-0.2, 0) is 4.74 Å². The van der Waals surface area contributed by atoms with E-state index < -0.39 is 0 Å². The standard InChI is InChI=1S/C10H18O/c1-8(2)11-10-6-4-9(3)5-7-10/h9-10H,1,4-7H2,2-3H3. The second-order valence-corrected chi connectivity index (χ2v) is 3.70. The third-order valence-electron chi connectivity index (χ3n) is 2.33. The smallest absolute Gasteiger partial charge is 0.0982 e. The minimum Gasteiger partial charge on any atom is -0.496 e. The van der Waals surface area contributed by atoms with Crippen LogP contribution in [-0.4, -0.2) is 6.10 Å². The Morgan fingerprint density at radius 2 is 1.82 bits per heavy atom. The normalized spacial score (nSPS) is 31.5. The highest BCUT2D eigenvalue weighted by Crippen LogP contribution is 2.26. The Bertz CT molecular complexity index is 132. The molecule has 11 heavy (non-hydrogen) atoms. The van der Waals surface area contributed by atoms with E-state index in [4.69, 9.17) is 4.74 Å². The fourth-order valence-corrected chi connectivity index (χ4v) is 1.63. The Labute approximate surface area is 69.4 Å². The molecule has 1 fully saturated rings. The van der Waals surface area contributed by atoms with Gasteiger partial charge >= 0.3 is 0 Å². The van der Waals surface area contributed by atoms with Crippen LogP contribution in [0.2, 0.25) is 0 Å². The molecule has 0 atom stereocenters. The number of allylic oxidation sites excluding steroid dienone is 1. The number of hydrogen-bond donors (Lipinski definition) is 0. The Balaban J connectivity index is 2.22. The molecular formula is C10H18O. The van der Waals surface area contributed by atoms with Crippen LogP contribution in [0.4, 0.5) is 0 Å². The zero-order valence-electron chi connectivity index (χ0n) is 7.60. The molecule has 0 amide bonds. The Kier molecular flexibility index (Phi) is 2.98. The van der Waals surface area contributed by atoms with Gasteiger partial charge in [-0.3, -0.25) is 0 Å². The highest BCUT2D eigenvalue weighted by Gasteiger charge is 2.18. The lowest BCUT2D eigenvalue weighted by Crippen LogP contribution is -2.19. The monoisotopic (exact) mass is 154 g/mol. The summed E-state index contributed by atoms with van der Waals surface area (Å²) in [5.41, 5.74) is 0. The van der Waals surface area contributed by atoms with E-state index in [1.54, 1.807) is 0 Å². The van der Waals surface area contributed by atoms with E-state index >= 15 is 0 Å². The van der Waals surface area contributed by atoms with Gasteiger partial charge < -0.3 is 4.74 Å². The molecule has 0 aromatic carbocycles. The molecule has 0 saturated heterocycles. The van der Waals surface area contributed by atoms with Crippen molar-refractivity contribution in [2.75, 3.05) is 0 Å². The van der Waals surface area contributed by atoms with E-state index in [2.05, 4.69) is 13.5 Å². The van der Waals surface area contributed by atoms with Crippen molar-refractivity contribution >= 4 is 0 Å². The van der Waals surface area contributed by atoms with Crippen molar-refractivity contribution < 1.29 is 4.74 Å². The first-order valence-electron chi connectivity index (χ1n) is 4.50. The highest BCUT2D eigenvalue weighted by molar-refractivity contribution is 4.79. The average molecular weight is 154 g/mol. The largest absolute Gasteiger partial charge is 0.496 e. The van der Waals surface area contributed by atoms with Gasteiger partial charge in [0, 0.05) is 0 Å². The van der Waals surface area contributed by atoms with E-state index in [0.717, 1.165) is 11.7 Å². The first-order chi connectivity index (χ1) is 5.18. The van der Waals surface area contributed by atoms with Crippen LogP contribution in [0, 0.1) is 5.92 Å². The molecule has 64 valence electrons. The Hall–Kier alpha value is -0.460. The van der Waals surface area contributed by atoms with Gasteiger partial charge in [-0.25, -0.2) is 0 Å². The summed E-state index contributed by atoms with van der Waals surface area (Å²) in [5, 5.41) is 0. The number of rotatable bonds is 2. The van der Waals surface area contributed by atoms with Crippen LogP contribution >= 0.6 is 0 Å². The average Bonchev–Trinajstić information content (AvgIpc) is 1.93. The highest BCUT2D eigenvalue weighted by atomic mass is 16.5. The second kappa shape index (κ2) is 3.80. The van der Waals surface area contributed by atoms with Gasteiger partial charge in [0.15, 0.2) is 0 Å². The predicted molar refractivity (Wildman–Crippen MR) is 47.3 cm³/mol. The van der Waals surface area contributed by atoms with Crippen molar-refractivity contribution in [2.24, 2.45) is 5.92 Å². The number of hydrogen-bond acceptors (Lipinski definition) is 1. The van der Waals surface area contributed by atoms with E-state index in [1.807, 2.05) is 6.92 Å². The van der Waals surface area contributed by atoms with Gasteiger partial charge in [-0.15, -0.1) is 0 Å². The zero-order valence-corrected chi connectivity index (χ0v) is 7.60. The fraction of sp³-hybridized carbons (Fsp3) is 0.800. The molecule has 1 aliphatic rings. The van der Waals surface area contributed by atoms with Gasteiger partial charge in [0.1, 0.15) is 0 Å². The molecule has 1 saturated carbocycles. The molecule has 0 aliphatic heterocycles. The lowest BCUT2D eigenvalue weighted by Gasteiger charge is -2.26. The van der Waals surface area contributed by atoms with Gasteiger partial charge in [0.05, 0.1) is 11.9 Å². The lowest BCUT2D eigenvalue weighted by atomic mass is 9.89. The molecule has 0 N–H and O–H groups in total. The summed E-state index contributed by atoms with van der Waals surface area (Å²) < 4.78 is 5.54. The number of ether oxygens (including phenoxy) is 1.